The van der Waals surface area contributed by atoms with Crippen molar-refractivity contribution in [2.45, 2.75) is 26.2 Å². The molecule has 1 unspecified atom stereocenters. The summed E-state index contributed by atoms with van der Waals surface area (Å²) in [5.41, 5.74) is 6.54. The Kier molecular flexibility index (Phi) is 4.47. The van der Waals surface area contributed by atoms with E-state index in [1.165, 1.54) is 0 Å². The zero-order chi connectivity index (χ0) is 10.6. The molecule has 5 heteroatoms. The van der Waals surface area contributed by atoms with E-state index in [4.69, 9.17) is 15.2 Å². The van der Waals surface area contributed by atoms with Gasteiger partial charge in [-0.2, -0.15) is 0 Å². The zero-order valence-corrected chi connectivity index (χ0v) is 9.56. The summed E-state index contributed by atoms with van der Waals surface area (Å²) in [5, 5.41) is 0.958. The Morgan fingerprint density at radius 2 is 2.21 bits per heavy atom. The molecule has 0 bridgehead atoms. The van der Waals surface area contributed by atoms with E-state index in [1.807, 2.05) is 6.92 Å². The highest BCUT2D eigenvalue weighted by Gasteiger charge is 2.14. The molecule has 0 aliphatic carbocycles. The minimum atomic E-state index is 0.0240. The van der Waals surface area contributed by atoms with Gasteiger partial charge in [-0.25, -0.2) is 4.98 Å². The Labute approximate surface area is 88.0 Å². The average molecular weight is 216 g/mol. The first-order valence-electron chi connectivity index (χ1n) is 4.43. The fraction of sp³-hybridized carbons (Fsp3) is 0.667. The lowest BCUT2D eigenvalue weighted by atomic mass is 10.3. The van der Waals surface area contributed by atoms with Crippen molar-refractivity contribution < 1.29 is 9.47 Å². The highest BCUT2D eigenvalue weighted by Crippen LogP contribution is 2.25. The van der Waals surface area contributed by atoms with Gasteiger partial charge in [0.15, 0.2) is 0 Å². The topological polar surface area (TPSA) is 57.4 Å². The predicted molar refractivity (Wildman–Crippen MR) is 56.1 cm³/mol. The van der Waals surface area contributed by atoms with Crippen LogP contribution in [-0.4, -0.2) is 19.2 Å². The number of aromatic nitrogens is 1. The molecule has 1 aromatic rings. The van der Waals surface area contributed by atoms with Crippen molar-refractivity contribution in [3.63, 3.8) is 0 Å². The van der Waals surface area contributed by atoms with Gasteiger partial charge >= 0.3 is 0 Å². The highest BCUT2D eigenvalue weighted by molar-refractivity contribution is 7.11. The van der Waals surface area contributed by atoms with E-state index in [0.29, 0.717) is 13.2 Å². The summed E-state index contributed by atoms with van der Waals surface area (Å²) < 4.78 is 10.2. The Morgan fingerprint density at radius 1 is 1.50 bits per heavy atom. The van der Waals surface area contributed by atoms with Gasteiger partial charge in [0.05, 0.1) is 12.3 Å². The van der Waals surface area contributed by atoms with E-state index < -0.39 is 0 Å². The molecule has 1 aromatic heterocycles. The number of nitrogens with zero attached hydrogens (tertiary/aromatic N) is 1. The van der Waals surface area contributed by atoms with Gasteiger partial charge in [0.1, 0.15) is 11.1 Å². The summed E-state index contributed by atoms with van der Waals surface area (Å²) in [7, 11) is 3.32. The average Bonchev–Trinajstić information content (AvgIpc) is 2.60. The molecule has 2 N–H and O–H groups in total. The molecule has 0 radical (unpaired) electrons. The molecule has 0 aliphatic rings. The van der Waals surface area contributed by atoms with Gasteiger partial charge in [0.2, 0.25) is 0 Å². The lowest BCUT2D eigenvalue weighted by Crippen LogP contribution is -1.99. The van der Waals surface area contributed by atoms with Crippen molar-refractivity contribution in [2.75, 3.05) is 14.2 Å². The van der Waals surface area contributed by atoms with Gasteiger partial charge in [-0.05, 0) is 6.92 Å². The van der Waals surface area contributed by atoms with E-state index in [1.54, 1.807) is 25.6 Å². The van der Waals surface area contributed by atoms with Gasteiger partial charge in [0.25, 0.3) is 0 Å². The molecule has 0 aromatic carbocycles. The number of nitrogens with two attached hydrogens (primary N) is 1. The summed E-state index contributed by atoms with van der Waals surface area (Å²) in [6.07, 6.45) is 0.0240. The maximum Gasteiger partial charge on any atom is 0.122 e. The van der Waals surface area contributed by atoms with E-state index in [0.717, 1.165) is 15.6 Å². The van der Waals surface area contributed by atoms with E-state index >= 15 is 0 Å². The van der Waals surface area contributed by atoms with Gasteiger partial charge in [0, 0.05) is 25.6 Å². The number of rotatable bonds is 5. The second-order valence-electron chi connectivity index (χ2n) is 2.94. The maximum absolute atomic E-state index is 5.61. The van der Waals surface area contributed by atoms with Crippen LogP contribution in [0.5, 0.6) is 0 Å². The fourth-order valence-corrected chi connectivity index (χ4v) is 2.06. The fourth-order valence-electron chi connectivity index (χ4n) is 1.09. The largest absolute Gasteiger partial charge is 0.378 e. The minimum Gasteiger partial charge on any atom is -0.378 e. The molecule has 0 amide bonds. The highest BCUT2D eigenvalue weighted by atomic mass is 32.1. The summed E-state index contributed by atoms with van der Waals surface area (Å²) in [5.74, 6) is 0. The van der Waals surface area contributed by atoms with Crippen molar-refractivity contribution in [3.05, 3.63) is 15.6 Å². The number of hydrogen-bond donors (Lipinski definition) is 1. The normalized spacial score (nSPS) is 13.1. The Morgan fingerprint density at radius 3 is 2.71 bits per heavy atom. The predicted octanol–water partition coefficient (Wildman–Crippen LogP) is 1.46. The summed E-state index contributed by atoms with van der Waals surface area (Å²) in [6, 6.07) is 0. The molecule has 1 heterocycles. The van der Waals surface area contributed by atoms with Crippen molar-refractivity contribution in [2.24, 2.45) is 5.73 Å². The lowest BCUT2D eigenvalue weighted by Gasteiger charge is -2.03. The molecular formula is C9H16N2O2S. The van der Waals surface area contributed by atoms with Crippen molar-refractivity contribution in [3.8, 4) is 0 Å². The first-order valence-corrected chi connectivity index (χ1v) is 5.24. The first-order chi connectivity index (χ1) is 6.72. The molecule has 0 aliphatic heterocycles. The monoisotopic (exact) mass is 216 g/mol. The molecule has 1 rings (SSSR count). The molecule has 0 saturated heterocycles. The summed E-state index contributed by atoms with van der Waals surface area (Å²) >= 11 is 1.59. The third kappa shape index (κ3) is 2.51. The number of hydrogen-bond acceptors (Lipinski definition) is 5. The van der Waals surface area contributed by atoms with Crippen LogP contribution >= 0.6 is 11.3 Å². The molecular weight excluding hydrogens is 200 g/mol. The SMILES string of the molecule is COCc1nc(C(C)OC)sc1CN. The second-order valence-corrected chi connectivity index (χ2v) is 4.05. The van der Waals surface area contributed by atoms with Crippen LogP contribution < -0.4 is 5.73 Å². The zero-order valence-electron chi connectivity index (χ0n) is 8.74. The second kappa shape index (κ2) is 5.41. The number of ether oxygens (including phenoxy) is 2. The maximum atomic E-state index is 5.61. The van der Waals surface area contributed by atoms with Crippen molar-refractivity contribution in [1.82, 2.24) is 4.98 Å². The van der Waals surface area contributed by atoms with Crippen LogP contribution in [-0.2, 0) is 22.6 Å². The Balaban J connectivity index is 2.88. The molecule has 0 saturated carbocycles. The molecule has 1 atom stereocenters. The smallest absolute Gasteiger partial charge is 0.122 e. The van der Waals surface area contributed by atoms with Crippen LogP contribution in [0.1, 0.15) is 28.6 Å². The Hall–Kier alpha value is -0.490. The van der Waals surface area contributed by atoms with Crippen molar-refractivity contribution >= 4 is 11.3 Å². The van der Waals surface area contributed by atoms with Gasteiger partial charge in [-0.1, -0.05) is 0 Å². The van der Waals surface area contributed by atoms with Crippen LogP contribution in [0.25, 0.3) is 0 Å². The van der Waals surface area contributed by atoms with Gasteiger partial charge < -0.3 is 15.2 Å². The summed E-state index contributed by atoms with van der Waals surface area (Å²) in [6.45, 7) is 2.99. The number of thiazole rings is 1. The molecule has 4 nitrogen and oxygen atoms in total. The first kappa shape index (κ1) is 11.6. The third-order valence-corrected chi connectivity index (χ3v) is 3.24. The van der Waals surface area contributed by atoms with Crippen LogP contribution in [0.15, 0.2) is 0 Å². The third-order valence-electron chi connectivity index (χ3n) is 1.96. The van der Waals surface area contributed by atoms with E-state index in [2.05, 4.69) is 4.98 Å². The van der Waals surface area contributed by atoms with Crippen LogP contribution in [0, 0.1) is 0 Å². The standard InChI is InChI=1S/C9H16N2O2S/c1-6(13-3)9-11-7(5-12-2)8(4-10)14-9/h6H,4-5,10H2,1-3H3. The van der Waals surface area contributed by atoms with Crippen LogP contribution in [0.3, 0.4) is 0 Å². The Bertz CT molecular complexity index is 288. The van der Waals surface area contributed by atoms with E-state index in [9.17, 15) is 0 Å². The molecule has 14 heavy (non-hydrogen) atoms. The number of methoxy groups -OCH3 is 2. The minimum absolute atomic E-state index is 0.0240. The van der Waals surface area contributed by atoms with Crippen molar-refractivity contribution in [1.29, 1.82) is 0 Å². The quantitative estimate of drug-likeness (QED) is 0.809. The summed E-state index contributed by atoms with van der Waals surface area (Å²) in [4.78, 5) is 5.50. The van der Waals surface area contributed by atoms with Crippen LogP contribution in [0.2, 0.25) is 0 Å². The molecule has 0 fully saturated rings. The lowest BCUT2D eigenvalue weighted by molar-refractivity contribution is 0.118. The molecule has 80 valence electrons. The van der Waals surface area contributed by atoms with Gasteiger partial charge in [-0.15, -0.1) is 11.3 Å². The molecule has 0 spiro atoms. The van der Waals surface area contributed by atoms with Gasteiger partial charge in [-0.3, -0.25) is 0 Å². The van der Waals surface area contributed by atoms with Crippen LogP contribution in [0.4, 0.5) is 0 Å². The van der Waals surface area contributed by atoms with E-state index in [-0.39, 0.29) is 6.10 Å².